The zero-order chi connectivity index (χ0) is 20.6. The van der Waals surface area contributed by atoms with E-state index in [1.165, 1.54) is 37.9 Å². The van der Waals surface area contributed by atoms with Crippen molar-refractivity contribution >= 4 is 65.4 Å². The number of nitrogens with one attached hydrogen (secondary N) is 2. The largest absolute Gasteiger partial charge is 0.383 e. The summed E-state index contributed by atoms with van der Waals surface area (Å²) >= 11 is 6.10. The highest BCUT2D eigenvalue weighted by Gasteiger charge is 2.15. The second-order valence-corrected chi connectivity index (χ2v) is 8.49. The summed E-state index contributed by atoms with van der Waals surface area (Å²) in [5, 5.41) is 9.16. The smallest absolute Gasteiger partial charge is 0.0737 e. The Kier molecular flexibility index (Phi) is 14.1. The van der Waals surface area contributed by atoms with Gasteiger partial charge in [0.15, 0.2) is 0 Å². The third-order valence-electron chi connectivity index (χ3n) is 5.92. The van der Waals surface area contributed by atoms with Crippen LogP contribution in [0, 0.1) is 0 Å². The van der Waals surface area contributed by atoms with Gasteiger partial charge in [0.1, 0.15) is 0 Å². The topological polar surface area (TPSA) is 40.2 Å². The molecule has 2 N–H and O–H groups in total. The number of rotatable bonds is 9. The van der Waals surface area contributed by atoms with Crippen molar-refractivity contribution in [2.24, 2.45) is 0 Å². The van der Waals surface area contributed by atoms with Crippen molar-refractivity contribution in [3.63, 3.8) is 0 Å². The zero-order valence-corrected chi connectivity index (χ0v) is 21.9. The van der Waals surface area contributed by atoms with Gasteiger partial charge in [0.05, 0.1) is 5.52 Å². The molecule has 1 aliphatic rings. The highest BCUT2D eigenvalue weighted by atomic mass is 35.5. The van der Waals surface area contributed by atoms with Gasteiger partial charge in [0, 0.05) is 41.4 Å². The van der Waals surface area contributed by atoms with Crippen LogP contribution in [0.4, 0.5) is 5.69 Å². The van der Waals surface area contributed by atoms with E-state index >= 15 is 0 Å². The number of halogens is 4. The molecule has 8 heteroatoms. The maximum atomic E-state index is 6.10. The van der Waals surface area contributed by atoms with Gasteiger partial charge in [-0.25, -0.2) is 0 Å². The van der Waals surface area contributed by atoms with Crippen LogP contribution in [0.5, 0.6) is 0 Å². The van der Waals surface area contributed by atoms with Crippen LogP contribution >= 0.6 is 48.8 Å². The highest BCUT2D eigenvalue weighted by Crippen LogP contribution is 2.24. The monoisotopic (exact) mass is 530 g/mol. The Morgan fingerprint density at radius 3 is 2.42 bits per heavy atom. The third-order valence-corrected chi connectivity index (χ3v) is 6.16. The average Bonchev–Trinajstić information content (AvgIpc) is 2.79. The van der Waals surface area contributed by atoms with Gasteiger partial charge < -0.3 is 15.5 Å². The molecule has 182 valence electrons. The first kappa shape index (κ1) is 29.8. The Bertz CT molecular complexity index is 936. The van der Waals surface area contributed by atoms with E-state index in [1.54, 1.807) is 0 Å². The van der Waals surface area contributed by atoms with Crippen molar-refractivity contribution in [1.82, 2.24) is 15.2 Å². The molecule has 1 saturated heterocycles. The number of piperidine rings is 1. The van der Waals surface area contributed by atoms with Gasteiger partial charge in [-0.1, -0.05) is 48.4 Å². The molecule has 1 unspecified atom stereocenters. The number of aromatic nitrogens is 1. The predicted octanol–water partition coefficient (Wildman–Crippen LogP) is 6.77. The predicted molar refractivity (Wildman–Crippen MR) is 149 cm³/mol. The summed E-state index contributed by atoms with van der Waals surface area (Å²) in [7, 11) is 0. The van der Waals surface area contributed by atoms with E-state index in [0.717, 1.165) is 42.6 Å². The van der Waals surface area contributed by atoms with E-state index in [-0.39, 0.29) is 37.2 Å². The molecule has 0 saturated carbocycles. The minimum atomic E-state index is 0. The van der Waals surface area contributed by atoms with Gasteiger partial charge in [-0.15, -0.1) is 37.2 Å². The first-order valence-electron chi connectivity index (χ1n) is 11.1. The van der Waals surface area contributed by atoms with Gasteiger partial charge in [-0.2, -0.15) is 0 Å². The summed E-state index contributed by atoms with van der Waals surface area (Å²) in [5.74, 6) is 0. The van der Waals surface area contributed by atoms with Crippen molar-refractivity contribution in [2.75, 3.05) is 38.0 Å². The van der Waals surface area contributed by atoms with Crippen LogP contribution in [0.15, 0.2) is 60.8 Å². The van der Waals surface area contributed by atoms with E-state index in [0.29, 0.717) is 11.1 Å². The molecule has 0 radical (unpaired) electrons. The standard InChI is InChI=1S/C25H31ClN4.3ClH/c26-21-9-10-22-24(11-13-27-25(22)19-21)29-15-14-28-23(20-7-3-1-4-8-20)12-18-30-16-5-2-6-17-30;;;/h1,3-4,7-11,13,19,23,28H,2,5-6,12,14-18H2,(H,27,29);3*1H. The molecule has 0 aliphatic carbocycles. The fourth-order valence-corrected chi connectivity index (χ4v) is 4.45. The van der Waals surface area contributed by atoms with Gasteiger partial charge in [-0.3, -0.25) is 4.98 Å². The maximum Gasteiger partial charge on any atom is 0.0737 e. The summed E-state index contributed by atoms with van der Waals surface area (Å²) in [4.78, 5) is 7.04. The van der Waals surface area contributed by atoms with Crippen molar-refractivity contribution in [2.45, 2.75) is 31.7 Å². The minimum absolute atomic E-state index is 0. The summed E-state index contributed by atoms with van der Waals surface area (Å²) in [6.45, 7) is 5.42. The van der Waals surface area contributed by atoms with Crippen LogP contribution in [-0.4, -0.2) is 42.6 Å². The quantitative estimate of drug-likeness (QED) is 0.299. The molecule has 1 atom stereocenters. The number of hydrogen-bond acceptors (Lipinski definition) is 4. The van der Waals surface area contributed by atoms with Gasteiger partial charge >= 0.3 is 0 Å². The molecule has 0 spiro atoms. The number of fused-ring (bicyclic) bond motifs is 1. The van der Waals surface area contributed by atoms with Gasteiger partial charge in [0.25, 0.3) is 0 Å². The average molecular weight is 532 g/mol. The Morgan fingerprint density at radius 1 is 0.909 bits per heavy atom. The fourth-order valence-electron chi connectivity index (χ4n) is 4.29. The summed E-state index contributed by atoms with van der Waals surface area (Å²) in [5.41, 5.74) is 3.39. The minimum Gasteiger partial charge on any atom is -0.383 e. The number of pyridine rings is 1. The third kappa shape index (κ3) is 8.79. The second kappa shape index (κ2) is 15.6. The van der Waals surface area contributed by atoms with E-state index in [2.05, 4.69) is 50.8 Å². The molecule has 0 amide bonds. The van der Waals surface area contributed by atoms with Crippen molar-refractivity contribution in [3.8, 4) is 0 Å². The molecule has 33 heavy (non-hydrogen) atoms. The Morgan fingerprint density at radius 2 is 1.67 bits per heavy atom. The number of nitrogens with zero attached hydrogens (tertiary/aromatic N) is 2. The normalized spacial score (nSPS) is 14.5. The lowest BCUT2D eigenvalue weighted by Crippen LogP contribution is -2.34. The SMILES string of the molecule is Cl.Cl.Cl.Clc1ccc2c(NCCNC(CCN3CCCCC3)c3ccccc3)ccnc2c1. The highest BCUT2D eigenvalue weighted by molar-refractivity contribution is 6.31. The van der Waals surface area contributed by atoms with E-state index in [9.17, 15) is 0 Å². The van der Waals surface area contributed by atoms with E-state index in [4.69, 9.17) is 11.6 Å². The fraction of sp³-hybridized carbons (Fsp3) is 0.400. The lowest BCUT2D eigenvalue weighted by atomic mass is 10.0. The molecular formula is C25H34Cl4N4. The molecule has 1 aromatic heterocycles. The van der Waals surface area contributed by atoms with E-state index in [1.807, 2.05) is 30.5 Å². The second-order valence-electron chi connectivity index (χ2n) is 8.06. The molecule has 4 nitrogen and oxygen atoms in total. The summed E-state index contributed by atoms with van der Waals surface area (Å²) in [6, 6.07) is 19.1. The number of benzene rings is 2. The van der Waals surface area contributed by atoms with Gasteiger partial charge in [0.2, 0.25) is 0 Å². The Labute approximate surface area is 221 Å². The van der Waals surface area contributed by atoms with Crippen LogP contribution < -0.4 is 10.6 Å². The van der Waals surface area contributed by atoms with Crippen molar-refractivity contribution < 1.29 is 0 Å². The maximum absolute atomic E-state index is 6.10. The zero-order valence-electron chi connectivity index (χ0n) is 18.7. The van der Waals surface area contributed by atoms with Crippen LogP contribution in [0.3, 0.4) is 0 Å². The van der Waals surface area contributed by atoms with Gasteiger partial charge in [-0.05, 0) is 68.7 Å². The lowest BCUT2D eigenvalue weighted by molar-refractivity contribution is 0.217. The summed E-state index contributed by atoms with van der Waals surface area (Å²) < 4.78 is 0. The number of likely N-dealkylation sites (tertiary alicyclic amines) is 1. The van der Waals surface area contributed by atoms with E-state index < -0.39 is 0 Å². The molecule has 2 heterocycles. The molecular weight excluding hydrogens is 498 g/mol. The molecule has 1 aliphatic heterocycles. The van der Waals surface area contributed by atoms with Crippen LogP contribution in [0.2, 0.25) is 5.02 Å². The number of anilines is 1. The Balaban J connectivity index is 0.00000181. The first-order valence-corrected chi connectivity index (χ1v) is 11.5. The van der Waals surface area contributed by atoms with Crippen molar-refractivity contribution in [3.05, 3.63) is 71.4 Å². The molecule has 1 fully saturated rings. The van der Waals surface area contributed by atoms with Crippen LogP contribution in [0.25, 0.3) is 10.9 Å². The molecule has 2 aromatic carbocycles. The van der Waals surface area contributed by atoms with Crippen molar-refractivity contribution in [1.29, 1.82) is 0 Å². The van der Waals surface area contributed by atoms with Crippen LogP contribution in [-0.2, 0) is 0 Å². The summed E-state index contributed by atoms with van der Waals surface area (Å²) in [6.07, 6.45) is 7.05. The molecule has 3 aromatic rings. The lowest BCUT2D eigenvalue weighted by Gasteiger charge is -2.29. The Hall–Kier alpha value is -1.27. The first-order chi connectivity index (χ1) is 14.8. The van der Waals surface area contributed by atoms with Crippen LogP contribution in [0.1, 0.15) is 37.3 Å². The molecule has 4 rings (SSSR count). The number of hydrogen-bond donors (Lipinski definition) is 2. The molecule has 0 bridgehead atoms.